The summed E-state index contributed by atoms with van der Waals surface area (Å²) in [5.41, 5.74) is 1.86. The van der Waals surface area contributed by atoms with E-state index in [4.69, 9.17) is 14.6 Å². The second kappa shape index (κ2) is 8.05. The van der Waals surface area contributed by atoms with Crippen LogP contribution in [-0.4, -0.2) is 69.5 Å². The summed E-state index contributed by atoms with van der Waals surface area (Å²) in [5, 5.41) is 4.83. The van der Waals surface area contributed by atoms with Crippen LogP contribution in [0.3, 0.4) is 0 Å². The summed E-state index contributed by atoms with van der Waals surface area (Å²) >= 11 is 0. The highest BCUT2D eigenvalue weighted by atomic mass is 16.6. The molecule has 0 N–H and O–H groups in total. The largest absolute Gasteiger partial charge is 0.481 e. The zero-order valence-electron chi connectivity index (χ0n) is 18.6. The van der Waals surface area contributed by atoms with Crippen LogP contribution in [-0.2, 0) is 4.74 Å². The van der Waals surface area contributed by atoms with Gasteiger partial charge in [-0.25, -0.2) is 19.3 Å². The molecule has 0 aromatic carbocycles. The summed E-state index contributed by atoms with van der Waals surface area (Å²) in [7, 11) is 3.39. The first kappa shape index (κ1) is 20.9. The number of anilines is 1. The Morgan fingerprint density at radius 1 is 1.23 bits per heavy atom. The monoisotopic (exact) mass is 424 g/mol. The van der Waals surface area contributed by atoms with Gasteiger partial charge in [0.15, 0.2) is 5.65 Å². The molecule has 9 nitrogen and oxygen atoms in total. The number of hydrogen-bond donors (Lipinski definition) is 0. The summed E-state index contributed by atoms with van der Waals surface area (Å²) in [6.07, 6.45) is 4.01. The van der Waals surface area contributed by atoms with Crippen molar-refractivity contribution in [3.05, 3.63) is 36.7 Å². The number of imidazole rings is 1. The first-order valence-corrected chi connectivity index (χ1v) is 10.3. The fourth-order valence-electron chi connectivity index (χ4n) is 3.71. The number of rotatable bonds is 4. The molecule has 1 amide bonds. The van der Waals surface area contributed by atoms with Gasteiger partial charge in [0.25, 0.3) is 0 Å². The van der Waals surface area contributed by atoms with Gasteiger partial charge < -0.3 is 19.3 Å². The van der Waals surface area contributed by atoms with E-state index in [1.165, 1.54) is 0 Å². The van der Waals surface area contributed by atoms with Crippen LogP contribution in [0.1, 0.15) is 27.2 Å². The van der Waals surface area contributed by atoms with Crippen LogP contribution in [0.25, 0.3) is 16.9 Å². The number of hydrogen-bond acceptors (Lipinski definition) is 7. The van der Waals surface area contributed by atoms with E-state index in [1.54, 1.807) is 36.0 Å². The maximum Gasteiger partial charge on any atom is 0.410 e. The van der Waals surface area contributed by atoms with Crippen molar-refractivity contribution in [1.82, 2.24) is 24.5 Å². The average Bonchev–Trinajstić information content (AvgIpc) is 3.38. The van der Waals surface area contributed by atoms with Gasteiger partial charge in [-0.2, -0.15) is 0 Å². The Morgan fingerprint density at radius 2 is 2.03 bits per heavy atom. The van der Waals surface area contributed by atoms with E-state index in [-0.39, 0.29) is 12.1 Å². The maximum atomic E-state index is 12.4. The number of carbonyl (C=O) groups is 1. The molecule has 4 heterocycles. The molecule has 0 radical (unpaired) electrons. The number of carbonyl (C=O) groups excluding carboxylic acids is 1. The Hall–Kier alpha value is -3.36. The van der Waals surface area contributed by atoms with Gasteiger partial charge in [0, 0.05) is 26.3 Å². The molecular formula is C22H28N6O3. The van der Waals surface area contributed by atoms with Crippen LogP contribution < -0.4 is 9.64 Å². The fourth-order valence-corrected chi connectivity index (χ4v) is 3.71. The van der Waals surface area contributed by atoms with E-state index in [9.17, 15) is 4.79 Å². The summed E-state index contributed by atoms with van der Waals surface area (Å²) in [6, 6.07) is 7.76. The lowest BCUT2D eigenvalue weighted by molar-refractivity contribution is 0.0238. The molecule has 0 saturated carbocycles. The Balaban J connectivity index is 1.56. The number of ether oxygens (including phenoxy) is 2. The van der Waals surface area contributed by atoms with Crippen LogP contribution in [0, 0.1) is 0 Å². The molecule has 1 aliphatic rings. The minimum absolute atomic E-state index is 0.0630. The first-order valence-electron chi connectivity index (χ1n) is 10.3. The van der Waals surface area contributed by atoms with Gasteiger partial charge in [0.2, 0.25) is 5.88 Å². The van der Waals surface area contributed by atoms with E-state index in [2.05, 4.69) is 14.9 Å². The van der Waals surface area contributed by atoms with Gasteiger partial charge in [-0.1, -0.05) is 0 Å². The van der Waals surface area contributed by atoms with E-state index in [1.807, 2.05) is 45.0 Å². The summed E-state index contributed by atoms with van der Waals surface area (Å²) < 4.78 is 12.7. The van der Waals surface area contributed by atoms with Crippen molar-refractivity contribution in [3.63, 3.8) is 0 Å². The topological polar surface area (TPSA) is 85.1 Å². The molecule has 3 aromatic heterocycles. The quantitative estimate of drug-likeness (QED) is 0.636. The van der Waals surface area contributed by atoms with Crippen molar-refractivity contribution in [2.24, 2.45) is 0 Å². The molecule has 1 aliphatic heterocycles. The molecule has 0 spiro atoms. The van der Waals surface area contributed by atoms with Gasteiger partial charge in [-0.15, -0.1) is 5.10 Å². The summed E-state index contributed by atoms with van der Waals surface area (Å²) in [4.78, 5) is 25.0. The van der Waals surface area contributed by atoms with Crippen molar-refractivity contribution in [1.29, 1.82) is 0 Å². The number of nitrogens with zero attached hydrogens (tertiary/aromatic N) is 6. The van der Waals surface area contributed by atoms with Gasteiger partial charge in [-0.3, -0.25) is 0 Å². The van der Waals surface area contributed by atoms with Crippen LogP contribution in [0.4, 0.5) is 10.6 Å². The highest BCUT2D eigenvalue weighted by Gasteiger charge is 2.31. The molecule has 1 saturated heterocycles. The number of aromatic nitrogens is 4. The molecular weight excluding hydrogens is 396 g/mol. The zero-order valence-corrected chi connectivity index (χ0v) is 18.6. The van der Waals surface area contributed by atoms with Crippen LogP contribution >= 0.6 is 0 Å². The molecule has 164 valence electrons. The third kappa shape index (κ3) is 4.26. The van der Waals surface area contributed by atoms with Crippen molar-refractivity contribution >= 4 is 17.6 Å². The molecule has 0 bridgehead atoms. The number of pyridine rings is 1. The Bertz CT molecular complexity index is 1090. The lowest BCUT2D eigenvalue weighted by Gasteiger charge is -2.28. The SMILES string of the molecule is COc1ncccc1-c1cnc2ccc(N3CC[C@@H](N(C)C(=O)OC(C)(C)C)C3)nn12. The first-order chi connectivity index (χ1) is 14.8. The van der Waals surface area contributed by atoms with Crippen molar-refractivity contribution in [3.8, 4) is 17.1 Å². The zero-order chi connectivity index (χ0) is 22.2. The van der Waals surface area contributed by atoms with Crippen LogP contribution in [0.15, 0.2) is 36.7 Å². The normalized spacial score (nSPS) is 16.5. The van der Waals surface area contributed by atoms with E-state index in [0.29, 0.717) is 12.4 Å². The highest BCUT2D eigenvalue weighted by Crippen LogP contribution is 2.29. The highest BCUT2D eigenvalue weighted by molar-refractivity contribution is 5.69. The van der Waals surface area contributed by atoms with E-state index < -0.39 is 5.60 Å². The lowest BCUT2D eigenvalue weighted by Crippen LogP contribution is -2.42. The molecule has 1 atom stereocenters. The minimum atomic E-state index is -0.512. The van der Waals surface area contributed by atoms with Crippen molar-refractivity contribution < 1.29 is 14.3 Å². The number of fused-ring (bicyclic) bond motifs is 1. The predicted molar refractivity (Wildman–Crippen MR) is 117 cm³/mol. The van der Waals surface area contributed by atoms with Crippen molar-refractivity contribution in [2.75, 3.05) is 32.1 Å². The second-order valence-electron chi connectivity index (χ2n) is 8.64. The molecule has 0 unspecified atom stereocenters. The van der Waals surface area contributed by atoms with Gasteiger partial charge in [0.05, 0.1) is 30.6 Å². The van der Waals surface area contributed by atoms with Gasteiger partial charge in [-0.05, 0) is 51.5 Å². The lowest BCUT2D eigenvalue weighted by atomic mass is 10.2. The molecule has 3 aromatic rings. The molecule has 4 rings (SSSR count). The number of methoxy groups -OCH3 is 1. The fraction of sp³-hybridized carbons (Fsp3) is 0.455. The van der Waals surface area contributed by atoms with Crippen LogP contribution in [0.5, 0.6) is 5.88 Å². The molecule has 9 heteroatoms. The van der Waals surface area contributed by atoms with Gasteiger partial charge in [0.1, 0.15) is 11.4 Å². The number of amides is 1. The van der Waals surface area contributed by atoms with Crippen LogP contribution in [0.2, 0.25) is 0 Å². The number of likely N-dealkylation sites (N-methyl/N-ethyl adjacent to an activating group) is 1. The third-order valence-corrected chi connectivity index (χ3v) is 5.31. The predicted octanol–water partition coefficient (Wildman–Crippen LogP) is 3.25. The maximum absolute atomic E-state index is 12.4. The van der Waals surface area contributed by atoms with E-state index >= 15 is 0 Å². The Kier molecular flexibility index (Phi) is 5.43. The Morgan fingerprint density at radius 3 is 2.77 bits per heavy atom. The smallest absolute Gasteiger partial charge is 0.410 e. The summed E-state index contributed by atoms with van der Waals surface area (Å²) in [5.74, 6) is 1.35. The summed E-state index contributed by atoms with van der Waals surface area (Å²) in [6.45, 7) is 7.11. The second-order valence-corrected chi connectivity index (χ2v) is 8.64. The third-order valence-electron chi connectivity index (χ3n) is 5.31. The Labute approximate surface area is 181 Å². The van der Waals surface area contributed by atoms with Crippen molar-refractivity contribution in [2.45, 2.75) is 38.8 Å². The standard InChI is InChI=1S/C22H28N6O3/c1-22(2,3)31-21(29)26(4)15-10-12-27(14-15)19-9-8-18-24-13-17(28(18)25-19)16-7-6-11-23-20(16)30-5/h6-9,11,13,15H,10,12,14H2,1-5H3/t15-/m1/s1. The van der Waals surface area contributed by atoms with Gasteiger partial charge >= 0.3 is 6.09 Å². The van der Waals surface area contributed by atoms with E-state index in [0.717, 1.165) is 35.7 Å². The molecule has 1 fully saturated rings. The molecule has 0 aliphatic carbocycles. The molecule has 31 heavy (non-hydrogen) atoms. The minimum Gasteiger partial charge on any atom is -0.481 e. The average molecular weight is 425 g/mol.